The van der Waals surface area contributed by atoms with Crippen LogP contribution in [0, 0.1) is 5.92 Å². The molecule has 1 aromatic rings. The van der Waals surface area contributed by atoms with Gasteiger partial charge in [0.25, 0.3) is 0 Å². The molecule has 138 valence electrons. The lowest BCUT2D eigenvalue weighted by Crippen LogP contribution is -2.42. The van der Waals surface area contributed by atoms with Gasteiger partial charge in [0.05, 0.1) is 6.10 Å². The van der Waals surface area contributed by atoms with Crippen LogP contribution in [0.25, 0.3) is 0 Å². The number of carbonyl (C=O) groups excluding carboxylic acids is 2. The molecule has 1 N–H and O–H groups in total. The predicted molar refractivity (Wildman–Crippen MR) is 98.3 cm³/mol. The molecule has 0 saturated carbocycles. The number of hydrogen-bond acceptors (Lipinski definition) is 3. The third-order valence-corrected chi connectivity index (χ3v) is 4.44. The number of ether oxygens (including phenoxy) is 1. The van der Waals surface area contributed by atoms with Crippen molar-refractivity contribution < 1.29 is 14.3 Å². The van der Waals surface area contributed by atoms with E-state index in [0.29, 0.717) is 26.1 Å². The first kappa shape index (κ1) is 19.3. The standard InChI is InChI=1S/C20H30N2O3/c1-4-5-19(23)22-12-10-17(11-13-22)20(24)21-14-16-6-8-18(9-7-16)25-15(2)3/h6-9,15,17H,4-5,10-14H2,1-3H3,(H,21,24). The van der Waals surface area contributed by atoms with Gasteiger partial charge in [-0.25, -0.2) is 0 Å². The van der Waals surface area contributed by atoms with Crippen molar-refractivity contribution in [3.63, 3.8) is 0 Å². The number of carbonyl (C=O) groups is 2. The third kappa shape index (κ3) is 6.07. The van der Waals surface area contributed by atoms with E-state index in [1.54, 1.807) is 0 Å². The molecule has 0 unspecified atom stereocenters. The van der Waals surface area contributed by atoms with Gasteiger partial charge in [0.15, 0.2) is 0 Å². The van der Waals surface area contributed by atoms with E-state index in [-0.39, 0.29) is 23.8 Å². The fraction of sp³-hybridized carbons (Fsp3) is 0.600. The van der Waals surface area contributed by atoms with Crippen LogP contribution >= 0.6 is 0 Å². The van der Waals surface area contributed by atoms with Crippen molar-refractivity contribution in [2.75, 3.05) is 13.1 Å². The van der Waals surface area contributed by atoms with Crippen LogP contribution in [0.1, 0.15) is 52.0 Å². The Morgan fingerprint density at radius 2 is 1.84 bits per heavy atom. The second kappa shape index (κ2) is 9.44. The largest absolute Gasteiger partial charge is 0.491 e. The molecule has 1 aliphatic rings. The normalized spacial score (nSPS) is 15.3. The molecular weight excluding hydrogens is 316 g/mol. The van der Waals surface area contributed by atoms with Gasteiger partial charge in [-0.2, -0.15) is 0 Å². The van der Waals surface area contributed by atoms with Crippen LogP contribution in [0.15, 0.2) is 24.3 Å². The number of piperidine rings is 1. The van der Waals surface area contributed by atoms with Crippen LogP contribution in [0.4, 0.5) is 0 Å². The average Bonchev–Trinajstić information content (AvgIpc) is 2.61. The Morgan fingerprint density at radius 1 is 1.20 bits per heavy atom. The molecule has 0 aromatic heterocycles. The first-order valence-corrected chi connectivity index (χ1v) is 9.30. The lowest BCUT2D eigenvalue weighted by Gasteiger charge is -2.31. The minimum Gasteiger partial charge on any atom is -0.491 e. The molecular formula is C20H30N2O3. The fourth-order valence-electron chi connectivity index (χ4n) is 3.05. The van der Waals surface area contributed by atoms with Gasteiger partial charge in [-0.05, 0) is 50.8 Å². The summed E-state index contributed by atoms with van der Waals surface area (Å²) in [7, 11) is 0. The quantitative estimate of drug-likeness (QED) is 0.825. The van der Waals surface area contributed by atoms with Crippen molar-refractivity contribution in [1.82, 2.24) is 10.2 Å². The van der Waals surface area contributed by atoms with Crippen LogP contribution in [0.2, 0.25) is 0 Å². The van der Waals surface area contributed by atoms with Crippen molar-refractivity contribution >= 4 is 11.8 Å². The molecule has 1 aromatic carbocycles. The Balaban J connectivity index is 1.75. The fourth-order valence-corrected chi connectivity index (χ4v) is 3.05. The number of nitrogens with zero attached hydrogens (tertiary/aromatic N) is 1. The summed E-state index contributed by atoms with van der Waals surface area (Å²) in [4.78, 5) is 26.1. The number of nitrogens with one attached hydrogen (secondary N) is 1. The molecule has 5 nitrogen and oxygen atoms in total. The monoisotopic (exact) mass is 346 g/mol. The van der Waals surface area contributed by atoms with Gasteiger partial charge in [0.1, 0.15) is 5.75 Å². The number of likely N-dealkylation sites (tertiary alicyclic amines) is 1. The van der Waals surface area contributed by atoms with Crippen molar-refractivity contribution in [2.24, 2.45) is 5.92 Å². The minimum absolute atomic E-state index is 0.00854. The third-order valence-electron chi connectivity index (χ3n) is 4.44. The molecule has 0 aliphatic carbocycles. The summed E-state index contributed by atoms with van der Waals surface area (Å²) in [6, 6.07) is 7.81. The number of hydrogen-bond donors (Lipinski definition) is 1. The Labute approximate surface area is 150 Å². The zero-order valence-corrected chi connectivity index (χ0v) is 15.6. The van der Waals surface area contributed by atoms with E-state index in [1.165, 1.54) is 0 Å². The zero-order chi connectivity index (χ0) is 18.2. The van der Waals surface area contributed by atoms with Gasteiger partial charge in [-0.15, -0.1) is 0 Å². The number of amides is 2. The zero-order valence-electron chi connectivity index (χ0n) is 15.6. The van der Waals surface area contributed by atoms with Gasteiger partial charge >= 0.3 is 0 Å². The van der Waals surface area contributed by atoms with Gasteiger partial charge in [-0.1, -0.05) is 19.1 Å². The Morgan fingerprint density at radius 3 is 2.40 bits per heavy atom. The second-order valence-electron chi connectivity index (χ2n) is 6.93. The summed E-state index contributed by atoms with van der Waals surface area (Å²) in [6.45, 7) is 7.91. The molecule has 0 bridgehead atoms. The van der Waals surface area contributed by atoms with Crippen molar-refractivity contribution in [3.8, 4) is 5.75 Å². The van der Waals surface area contributed by atoms with E-state index < -0.39 is 0 Å². The predicted octanol–water partition coefficient (Wildman–Crippen LogP) is 3.13. The summed E-state index contributed by atoms with van der Waals surface area (Å²) in [5.41, 5.74) is 1.06. The highest BCUT2D eigenvalue weighted by molar-refractivity contribution is 5.80. The highest BCUT2D eigenvalue weighted by Crippen LogP contribution is 2.19. The van der Waals surface area contributed by atoms with Crippen LogP contribution in [-0.2, 0) is 16.1 Å². The summed E-state index contributed by atoms with van der Waals surface area (Å²) in [5, 5.41) is 3.01. The lowest BCUT2D eigenvalue weighted by molar-refractivity contribution is -0.135. The maximum absolute atomic E-state index is 12.3. The smallest absolute Gasteiger partial charge is 0.223 e. The molecule has 5 heteroatoms. The van der Waals surface area contributed by atoms with E-state index in [4.69, 9.17) is 4.74 Å². The average molecular weight is 346 g/mol. The molecule has 1 fully saturated rings. The Hall–Kier alpha value is -2.04. The van der Waals surface area contributed by atoms with E-state index in [2.05, 4.69) is 5.32 Å². The first-order chi connectivity index (χ1) is 12.0. The Kier molecular flexibility index (Phi) is 7.29. The van der Waals surface area contributed by atoms with E-state index in [0.717, 1.165) is 30.6 Å². The highest BCUT2D eigenvalue weighted by Gasteiger charge is 2.26. The SMILES string of the molecule is CCCC(=O)N1CCC(C(=O)NCc2ccc(OC(C)C)cc2)CC1. The van der Waals surface area contributed by atoms with Crippen molar-refractivity contribution in [3.05, 3.63) is 29.8 Å². The maximum Gasteiger partial charge on any atom is 0.223 e. The van der Waals surface area contributed by atoms with Gasteiger partial charge < -0.3 is 15.0 Å². The van der Waals surface area contributed by atoms with E-state index in [9.17, 15) is 9.59 Å². The highest BCUT2D eigenvalue weighted by atomic mass is 16.5. The van der Waals surface area contributed by atoms with Gasteiger partial charge in [-0.3, -0.25) is 9.59 Å². The lowest BCUT2D eigenvalue weighted by atomic mass is 9.95. The van der Waals surface area contributed by atoms with Crippen molar-refractivity contribution in [1.29, 1.82) is 0 Å². The van der Waals surface area contributed by atoms with Crippen molar-refractivity contribution in [2.45, 2.75) is 59.1 Å². The second-order valence-corrected chi connectivity index (χ2v) is 6.93. The van der Waals surface area contributed by atoms with E-state index in [1.807, 2.05) is 49.9 Å². The molecule has 25 heavy (non-hydrogen) atoms. The molecule has 1 aliphatic heterocycles. The van der Waals surface area contributed by atoms with Crippen LogP contribution in [0.5, 0.6) is 5.75 Å². The summed E-state index contributed by atoms with van der Waals surface area (Å²) >= 11 is 0. The number of rotatable bonds is 7. The first-order valence-electron chi connectivity index (χ1n) is 9.30. The molecule has 0 radical (unpaired) electrons. The number of benzene rings is 1. The summed E-state index contributed by atoms with van der Waals surface area (Å²) in [6.07, 6.45) is 3.14. The molecule has 0 spiro atoms. The molecule has 1 heterocycles. The van der Waals surface area contributed by atoms with Gasteiger partial charge in [0, 0.05) is 32.0 Å². The summed E-state index contributed by atoms with van der Waals surface area (Å²) in [5.74, 6) is 1.15. The Bertz CT molecular complexity index is 561. The maximum atomic E-state index is 12.3. The molecule has 1 saturated heterocycles. The molecule has 2 amide bonds. The topological polar surface area (TPSA) is 58.6 Å². The minimum atomic E-state index is 0.00854. The molecule has 2 rings (SSSR count). The van der Waals surface area contributed by atoms with E-state index >= 15 is 0 Å². The van der Waals surface area contributed by atoms with Crippen LogP contribution < -0.4 is 10.1 Å². The van der Waals surface area contributed by atoms with Crippen LogP contribution in [-0.4, -0.2) is 35.9 Å². The van der Waals surface area contributed by atoms with Crippen LogP contribution in [0.3, 0.4) is 0 Å². The molecule has 0 atom stereocenters. The van der Waals surface area contributed by atoms with Gasteiger partial charge in [0.2, 0.25) is 11.8 Å². The summed E-state index contributed by atoms with van der Waals surface area (Å²) < 4.78 is 5.62.